The van der Waals surface area contributed by atoms with Crippen molar-refractivity contribution in [1.29, 1.82) is 0 Å². The molecule has 8 heteroatoms. The number of hydrazone groups is 1. The van der Waals surface area contributed by atoms with Gasteiger partial charge in [-0.2, -0.15) is 5.10 Å². The number of benzene rings is 2. The molecule has 2 aromatic carbocycles. The Hall–Kier alpha value is -2.38. The predicted octanol–water partition coefficient (Wildman–Crippen LogP) is 4.29. The van der Waals surface area contributed by atoms with Gasteiger partial charge in [0.1, 0.15) is 0 Å². The lowest BCUT2D eigenvalue weighted by atomic mass is 10.1. The summed E-state index contributed by atoms with van der Waals surface area (Å²) in [6.45, 7) is 5.93. The van der Waals surface area contributed by atoms with Crippen molar-refractivity contribution in [2.24, 2.45) is 11.0 Å². The summed E-state index contributed by atoms with van der Waals surface area (Å²) in [6.07, 6.45) is 0.716. The first-order valence-corrected chi connectivity index (χ1v) is 10.3. The molecule has 27 heavy (non-hydrogen) atoms. The molecule has 0 heterocycles. The van der Waals surface area contributed by atoms with Gasteiger partial charge in [-0.25, -0.2) is 13.8 Å². The SMILES string of the molecule is CC/C(=N/NC(=O)c1cccc(S(=O)(=O)Nc2ccccc2Cl)c1)C(C)C. The van der Waals surface area contributed by atoms with Gasteiger partial charge in [0.2, 0.25) is 0 Å². The first-order chi connectivity index (χ1) is 12.7. The molecule has 6 nitrogen and oxygen atoms in total. The summed E-state index contributed by atoms with van der Waals surface area (Å²) in [4.78, 5) is 12.3. The second kappa shape index (κ2) is 9.01. The van der Waals surface area contributed by atoms with Crippen molar-refractivity contribution in [2.75, 3.05) is 4.72 Å². The van der Waals surface area contributed by atoms with Crippen LogP contribution in [0.25, 0.3) is 0 Å². The zero-order chi connectivity index (χ0) is 20.0. The van der Waals surface area contributed by atoms with Crippen molar-refractivity contribution >= 4 is 38.9 Å². The number of sulfonamides is 1. The average molecular weight is 408 g/mol. The fourth-order valence-corrected chi connectivity index (χ4v) is 3.72. The van der Waals surface area contributed by atoms with E-state index in [1.165, 1.54) is 24.3 Å². The molecule has 0 aliphatic rings. The largest absolute Gasteiger partial charge is 0.278 e. The lowest BCUT2D eigenvalue weighted by Gasteiger charge is -2.11. The molecule has 0 radical (unpaired) electrons. The van der Waals surface area contributed by atoms with Crippen LogP contribution in [0.4, 0.5) is 5.69 Å². The molecule has 2 aromatic rings. The van der Waals surface area contributed by atoms with Gasteiger partial charge in [0.15, 0.2) is 0 Å². The number of hydrogen-bond acceptors (Lipinski definition) is 4. The molecule has 2 rings (SSSR count). The van der Waals surface area contributed by atoms with Crippen LogP contribution in [0, 0.1) is 5.92 Å². The first kappa shape index (κ1) is 20.9. The van der Waals surface area contributed by atoms with Crippen molar-refractivity contribution < 1.29 is 13.2 Å². The van der Waals surface area contributed by atoms with Gasteiger partial charge < -0.3 is 0 Å². The van der Waals surface area contributed by atoms with Crippen LogP contribution < -0.4 is 10.1 Å². The van der Waals surface area contributed by atoms with E-state index in [4.69, 9.17) is 11.6 Å². The van der Waals surface area contributed by atoms with Crippen LogP contribution in [-0.2, 0) is 10.0 Å². The molecule has 0 atom stereocenters. The van der Waals surface area contributed by atoms with Crippen LogP contribution in [0.1, 0.15) is 37.6 Å². The van der Waals surface area contributed by atoms with Crippen molar-refractivity contribution in [2.45, 2.75) is 32.1 Å². The summed E-state index contributed by atoms with van der Waals surface area (Å²) >= 11 is 6.00. The summed E-state index contributed by atoms with van der Waals surface area (Å²) in [6, 6.07) is 12.3. The van der Waals surface area contributed by atoms with E-state index in [1.807, 2.05) is 20.8 Å². The van der Waals surface area contributed by atoms with Crippen LogP contribution in [0.3, 0.4) is 0 Å². The second-order valence-corrected chi connectivity index (χ2v) is 8.26. The number of nitrogens with one attached hydrogen (secondary N) is 2. The fraction of sp³-hybridized carbons (Fsp3) is 0.263. The number of carbonyl (C=O) groups excluding carboxylic acids is 1. The molecule has 144 valence electrons. The highest BCUT2D eigenvalue weighted by atomic mass is 35.5. The van der Waals surface area contributed by atoms with Crippen LogP contribution in [0.15, 0.2) is 58.5 Å². The van der Waals surface area contributed by atoms with Gasteiger partial charge in [-0.3, -0.25) is 9.52 Å². The summed E-state index contributed by atoms with van der Waals surface area (Å²) in [5.41, 5.74) is 3.80. The number of carbonyl (C=O) groups is 1. The van der Waals surface area contributed by atoms with Gasteiger partial charge in [-0.1, -0.05) is 50.6 Å². The van der Waals surface area contributed by atoms with Crippen LogP contribution in [0.5, 0.6) is 0 Å². The van der Waals surface area contributed by atoms with E-state index < -0.39 is 15.9 Å². The van der Waals surface area contributed by atoms with E-state index in [-0.39, 0.29) is 27.1 Å². The monoisotopic (exact) mass is 407 g/mol. The number of rotatable bonds is 7. The van der Waals surface area contributed by atoms with Crippen LogP contribution >= 0.6 is 11.6 Å². The highest BCUT2D eigenvalue weighted by Crippen LogP contribution is 2.24. The number of hydrogen-bond donors (Lipinski definition) is 2. The Labute approximate surface area is 164 Å². The topological polar surface area (TPSA) is 87.6 Å². The predicted molar refractivity (Wildman–Crippen MR) is 109 cm³/mol. The smallest absolute Gasteiger partial charge is 0.271 e. The number of amides is 1. The Bertz CT molecular complexity index is 956. The lowest BCUT2D eigenvalue weighted by Crippen LogP contribution is -2.22. The minimum absolute atomic E-state index is 0.0429. The number of halogens is 1. The normalized spacial score (nSPS) is 12.1. The Kier molecular flexibility index (Phi) is 6.98. The highest BCUT2D eigenvalue weighted by Gasteiger charge is 2.17. The van der Waals surface area contributed by atoms with E-state index in [0.717, 1.165) is 5.71 Å². The van der Waals surface area contributed by atoms with E-state index in [9.17, 15) is 13.2 Å². The van der Waals surface area contributed by atoms with Crippen molar-refractivity contribution in [3.63, 3.8) is 0 Å². The minimum Gasteiger partial charge on any atom is -0.278 e. The summed E-state index contributed by atoms with van der Waals surface area (Å²) < 4.78 is 27.6. The maximum Gasteiger partial charge on any atom is 0.271 e. The van der Waals surface area contributed by atoms with Gasteiger partial charge in [0.25, 0.3) is 15.9 Å². The molecule has 0 unspecified atom stereocenters. The molecule has 0 aromatic heterocycles. The minimum atomic E-state index is -3.89. The van der Waals surface area contributed by atoms with E-state index in [2.05, 4.69) is 15.2 Å². The van der Waals surface area contributed by atoms with Crippen molar-refractivity contribution in [3.8, 4) is 0 Å². The average Bonchev–Trinajstić information content (AvgIpc) is 2.63. The number of nitrogens with zero attached hydrogens (tertiary/aromatic N) is 1. The quantitative estimate of drug-likeness (QED) is 0.530. The van der Waals surface area contributed by atoms with Crippen molar-refractivity contribution in [3.05, 3.63) is 59.1 Å². The third-order valence-corrected chi connectivity index (χ3v) is 5.55. The summed E-state index contributed by atoms with van der Waals surface area (Å²) in [5, 5.41) is 4.41. The molecule has 0 fully saturated rings. The molecule has 2 N–H and O–H groups in total. The summed E-state index contributed by atoms with van der Waals surface area (Å²) in [5.74, 6) is -0.266. The van der Waals surface area contributed by atoms with Gasteiger partial charge >= 0.3 is 0 Å². The van der Waals surface area contributed by atoms with E-state index >= 15 is 0 Å². The van der Waals surface area contributed by atoms with Gasteiger partial charge in [-0.15, -0.1) is 0 Å². The van der Waals surface area contributed by atoms with Crippen LogP contribution in [0.2, 0.25) is 5.02 Å². The van der Waals surface area contributed by atoms with Gasteiger partial charge in [0.05, 0.1) is 15.6 Å². The zero-order valence-corrected chi connectivity index (χ0v) is 16.9. The second-order valence-electron chi connectivity index (χ2n) is 6.17. The lowest BCUT2D eigenvalue weighted by molar-refractivity contribution is 0.0954. The van der Waals surface area contributed by atoms with E-state index in [0.29, 0.717) is 6.42 Å². The number of anilines is 1. The Morgan fingerprint density at radius 3 is 2.48 bits per heavy atom. The van der Waals surface area contributed by atoms with Crippen molar-refractivity contribution in [1.82, 2.24) is 5.43 Å². The standard InChI is InChI=1S/C19H22ClN3O3S/c1-4-17(13(2)3)21-22-19(24)14-8-7-9-15(12-14)27(25,26)23-18-11-6-5-10-16(18)20/h5-13,23H,4H2,1-3H3,(H,22,24)/b21-17-. The molecule has 0 spiro atoms. The van der Waals surface area contributed by atoms with E-state index in [1.54, 1.807) is 24.3 Å². The maximum absolute atomic E-state index is 12.6. The maximum atomic E-state index is 12.6. The fourth-order valence-electron chi connectivity index (χ4n) is 2.36. The number of para-hydroxylation sites is 1. The Morgan fingerprint density at radius 2 is 1.85 bits per heavy atom. The highest BCUT2D eigenvalue weighted by molar-refractivity contribution is 7.92. The molecule has 0 aliphatic heterocycles. The third kappa shape index (κ3) is 5.55. The van der Waals surface area contributed by atoms with Gasteiger partial charge in [0, 0.05) is 11.3 Å². The molecule has 0 saturated heterocycles. The molecule has 0 aliphatic carbocycles. The van der Waals surface area contributed by atoms with Gasteiger partial charge in [-0.05, 0) is 42.7 Å². The molecular formula is C19H22ClN3O3S. The summed E-state index contributed by atoms with van der Waals surface area (Å²) in [7, 11) is -3.89. The Morgan fingerprint density at radius 1 is 1.15 bits per heavy atom. The molecule has 1 amide bonds. The first-order valence-electron chi connectivity index (χ1n) is 8.48. The molecule has 0 bridgehead atoms. The third-order valence-electron chi connectivity index (χ3n) is 3.85. The Balaban J connectivity index is 2.23. The molecular weight excluding hydrogens is 386 g/mol. The molecule has 0 saturated carbocycles. The van der Waals surface area contributed by atoms with Crippen LogP contribution in [-0.4, -0.2) is 20.0 Å². The zero-order valence-electron chi connectivity index (χ0n) is 15.4.